The highest BCUT2D eigenvalue weighted by Gasteiger charge is 2.09. The number of thiophene rings is 1. The summed E-state index contributed by atoms with van der Waals surface area (Å²) in [5.74, 6) is 1.56. The van der Waals surface area contributed by atoms with Crippen molar-refractivity contribution in [1.29, 1.82) is 0 Å². The number of hydrogen-bond donors (Lipinski definition) is 1. The van der Waals surface area contributed by atoms with Gasteiger partial charge in [-0.15, -0.1) is 11.3 Å². The molecule has 0 aliphatic carbocycles. The van der Waals surface area contributed by atoms with Crippen LogP contribution in [0.25, 0.3) is 0 Å². The summed E-state index contributed by atoms with van der Waals surface area (Å²) in [6, 6.07) is 8.23. The number of ether oxygens (including phenoxy) is 2. The SMILES string of the molecule is CCOc1cc(CC(C)N)ccc1OCc1cc(Br)cs1. The van der Waals surface area contributed by atoms with Crippen molar-refractivity contribution in [2.45, 2.75) is 32.9 Å². The van der Waals surface area contributed by atoms with Crippen LogP contribution >= 0.6 is 27.3 Å². The highest BCUT2D eigenvalue weighted by molar-refractivity contribution is 9.10. The maximum atomic E-state index is 5.88. The van der Waals surface area contributed by atoms with Crippen molar-refractivity contribution in [3.05, 3.63) is 44.6 Å². The molecule has 0 radical (unpaired) electrons. The molecule has 2 aromatic rings. The third kappa shape index (κ3) is 5.02. The molecule has 21 heavy (non-hydrogen) atoms. The Labute approximate surface area is 138 Å². The van der Waals surface area contributed by atoms with Gasteiger partial charge in [0.25, 0.3) is 0 Å². The normalized spacial score (nSPS) is 12.2. The van der Waals surface area contributed by atoms with Gasteiger partial charge < -0.3 is 15.2 Å². The Bertz CT molecular complexity index is 583. The molecule has 1 heterocycles. The smallest absolute Gasteiger partial charge is 0.161 e. The molecule has 0 saturated carbocycles. The van der Waals surface area contributed by atoms with Crippen molar-refractivity contribution in [3.63, 3.8) is 0 Å². The van der Waals surface area contributed by atoms with Crippen LogP contribution in [0.3, 0.4) is 0 Å². The first-order chi connectivity index (χ1) is 10.1. The van der Waals surface area contributed by atoms with Crippen molar-refractivity contribution >= 4 is 27.3 Å². The zero-order valence-corrected chi connectivity index (χ0v) is 14.7. The van der Waals surface area contributed by atoms with Crippen LogP contribution in [0.1, 0.15) is 24.3 Å². The molecule has 5 heteroatoms. The largest absolute Gasteiger partial charge is 0.490 e. The van der Waals surface area contributed by atoms with E-state index in [4.69, 9.17) is 15.2 Å². The molecular formula is C16H20BrNO2S. The molecule has 0 bridgehead atoms. The first-order valence-electron chi connectivity index (χ1n) is 6.95. The van der Waals surface area contributed by atoms with Crippen LogP contribution in [0.5, 0.6) is 11.5 Å². The third-order valence-corrected chi connectivity index (χ3v) is 4.53. The number of rotatable bonds is 7. The lowest BCUT2D eigenvalue weighted by Crippen LogP contribution is -2.17. The molecule has 2 N–H and O–H groups in total. The fourth-order valence-corrected chi connectivity index (χ4v) is 3.38. The highest BCUT2D eigenvalue weighted by Crippen LogP contribution is 2.30. The minimum atomic E-state index is 0.134. The van der Waals surface area contributed by atoms with Crippen LogP contribution in [-0.2, 0) is 13.0 Å². The van der Waals surface area contributed by atoms with Crippen molar-refractivity contribution in [2.75, 3.05) is 6.61 Å². The summed E-state index contributed by atoms with van der Waals surface area (Å²) in [4.78, 5) is 1.17. The van der Waals surface area contributed by atoms with Gasteiger partial charge in [0.2, 0.25) is 0 Å². The van der Waals surface area contributed by atoms with Crippen LogP contribution in [0.2, 0.25) is 0 Å². The molecule has 1 aromatic heterocycles. The molecule has 0 fully saturated rings. The van der Waals surface area contributed by atoms with E-state index in [2.05, 4.69) is 22.0 Å². The summed E-state index contributed by atoms with van der Waals surface area (Å²) < 4.78 is 12.7. The molecule has 1 atom stereocenters. The van der Waals surface area contributed by atoms with E-state index < -0.39 is 0 Å². The first-order valence-corrected chi connectivity index (χ1v) is 8.62. The maximum absolute atomic E-state index is 5.88. The lowest BCUT2D eigenvalue weighted by atomic mass is 10.1. The van der Waals surface area contributed by atoms with Crippen molar-refractivity contribution in [3.8, 4) is 11.5 Å². The minimum Gasteiger partial charge on any atom is -0.490 e. The van der Waals surface area contributed by atoms with Gasteiger partial charge in [0.1, 0.15) is 6.61 Å². The maximum Gasteiger partial charge on any atom is 0.161 e. The van der Waals surface area contributed by atoms with Crippen LogP contribution in [0, 0.1) is 0 Å². The standard InChI is InChI=1S/C16H20BrNO2S/c1-3-19-16-7-12(6-11(2)18)4-5-15(16)20-9-14-8-13(17)10-21-14/h4-5,7-8,10-11H,3,6,9,18H2,1-2H3. The number of benzene rings is 1. The molecule has 114 valence electrons. The molecule has 0 amide bonds. The highest BCUT2D eigenvalue weighted by atomic mass is 79.9. The predicted molar refractivity (Wildman–Crippen MR) is 91.3 cm³/mol. The van der Waals surface area contributed by atoms with E-state index in [1.807, 2.05) is 37.4 Å². The van der Waals surface area contributed by atoms with Crippen LogP contribution < -0.4 is 15.2 Å². The monoisotopic (exact) mass is 369 g/mol. The molecule has 1 aromatic carbocycles. The quantitative estimate of drug-likeness (QED) is 0.787. The van der Waals surface area contributed by atoms with Crippen molar-refractivity contribution in [2.24, 2.45) is 5.73 Å². The van der Waals surface area contributed by atoms with Crippen LogP contribution in [0.15, 0.2) is 34.1 Å². The average Bonchev–Trinajstić information content (AvgIpc) is 2.83. The summed E-state index contributed by atoms with van der Waals surface area (Å²) in [7, 11) is 0. The first kappa shape index (κ1) is 16.3. The van der Waals surface area contributed by atoms with Gasteiger partial charge in [-0.25, -0.2) is 0 Å². The van der Waals surface area contributed by atoms with E-state index in [-0.39, 0.29) is 6.04 Å². The summed E-state index contributed by atoms with van der Waals surface area (Å²) in [5.41, 5.74) is 7.01. The second kappa shape index (κ2) is 7.82. The Morgan fingerprint density at radius 2 is 2.05 bits per heavy atom. The third-order valence-electron chi connectivity index (χ3n) is 2.86. The summed E-state index contributed by atoms with van der Waals surface area (Å²) >= 11 is 5.12. The Balaban J connectivity index is 2.09. The van der Waals surface area contributed by atoms with Crippen LogP contribution in [-0.4, -0.2) is 12.6 Å². The summed E-state index contributed by atoms with van der Waals surface area (Å²) in [6.45, 7) is 5.13. The van der Waals surface area contributed by atoms with Gasteiger partial charge >= 0.3 is 0 Å². The molecule has 0 aliphatic heterocycles. The molecule has 0 saturated heterocycles. The Hall–Kier alpha value is -1.04. The van der Waals surface area contributed by atoms with Crippen LogP contribution in [0.4, 0.5) is 0 Å². The molecule has 2 rings (SSSR count). The fraction of sp³-hybridized carbons (Fsp3) is 0.375. The van der Waals surface area contributed by atoms with E-state index in [0.717, 1.165) is 22.4 Å². The number of nitrogens with two attached hydrogens (primary N) is 1. The van der Waals surface area contributed by atoms with Crippen molar-refractivity contribution < 1.29 is 9.47 Å². The topological polar surface area (TPSA) is 44.5 Å². The molecule has 1 unspecified atom stereocenters. The second-order valence-corrected chi connectivity index (χ2v) is 6.83. The van der Waals surface area contributed by atoms with E-state index in [1.54, 1.807) is 11.3 Å². The van der Waals surface area contributed by atoms with Gasteiger partial charge in [-0.3, -0.25) is 0 Å². The molecule has 0 spiro atoms. The van der Waals surface area contributed by atoms with Crippen molar-refractivity contribution in [1.82, 2.24) is 0 Å². The van der Waals surface area contributed by atoms with E-state index >= 15 is 0 Å². The average molecular weight is 370 g/mol. The lowest BCUT2D eigenvalue weighted by Gasteiger charge is -2.14. The van der Waals surface area contributed by atoms with E-state index in [9.17, 15) is 0 Å². The minimum absolute atomic E-state index is 0.134. The predicted octanol–water partition coefficient (Wildman–Crippen LogP) is 4.38. The van der Waals surface area contributed by atoms with Gasteiger partial charge in [-0.05, 0) is 60.0 Å². The molecule has 3 nitrogen and oxygen atoms in total. The van der Waals surface area contributed by atoms with Gasteiger partial charge in [0.05, 0.1) is 6.61 Å². The Kier molecular flexibility index (Phi) is 6.08. The zero-order valence-electron chi connectivity index (χ0n) is 12.3. The Morgan fingerprint density at radius 1 is 1.24 bits per heavy atom. The van der Waals surface area contributed by atoms with Gasteiger partial charge in [-0.1, -0.05) is 6.07 Å². The summed E-state index contributed by atoms with van der Waals surface area (Å²) in [6.07, 6.45) is 0.832. The Morgan fingerprint density at radius 3 is 2.67 bits per heavy atom. The van der Waals surface area contributed by atoms with Gasteiger partial charge in [0.15, 0.2) is 11.5 Å². The summed E-state index contributed by atoms with van der Waals surface area (Å²) in [5, 5.41) is 2.05. The van der Waals surface area contributed by atoms with E-state index in [1.165, 1.54) is 10.4 Å². The van der Waals surface area contributed by atoms with Gasteiger partial charge in [-0.2, -0.15) is 0 Å². The number of halogens is 1. The second-order valence-electron chi connectivity index (χ2n) is 4.92. The lowest BCUT2D eigenvalue weighted by molar-refractivity contribution is 0.271. The fourth-order valence-electron chi connectivity index (χ4n) is 2.02. The zero-order chi connectivity index (χ0) is 15.2. The van der Waals surface area contributed by atoms with E-state index in [0.29, 0.717) is 13.2 Å². The molecule has 0 aliphatic rings. The number of hydrogen-bond acceptors (Lipinski definition) is 4. The van der Waals surface area contributed by atoms with Gasteiger partial charge in [0, 0.05) is 20.8 Å². The molecular weight excluding hydrogens is 350 g/mol.